The molecule has 1 aliphatic heterocycles. The summed E-state index contributed by atoms with van der Waals surface area (Å²) < 4.78 is 11.1. The van der Waals surface area contributed by atoms with Gasteiger partial charge in [-0.15, -0.1) is 0 Å². The van der Waals surface area contributed by atoms with E-state index in [-0.39, 0.29) is 11.5 Å². The summed E-state index contributed by atoms with van der Waals surface area (Å²) >= 11 is 0. The number of rotatable bonds is 2. The third-order valence-electron chi connectivity index (χ3n) is 2.46. The molecular weight excluding hydrogens is 166 g/mol. The van der Waals surface area contributed by atoms with Crippen molar-refractivity contribution >= 4 is 0 Å². The van der Waals surface area contributed by atoms with Crippen molar-refractivity contribution in [2.24, 2.45) is 5.41 Å². The average molecular weight is 187 g/mol. The summed E-state index contributed by atoms with van der Waals surface area (Å²) in [5.41, 5.74) is 0.208. The van der Waals surface area contributed by atoms with E-state index in [9.17, 15) is 0 Å². The highest BCUT2D eigenvalue weighted by Gasteiger charge is 2.32. The molecule has 2 atom stereocenters. The smallest absolute Gasteiger partial charge is 0.0967 e. The normalized spacial score (nSPS) is 27.2. The van der Waals surface area contributed by atoms with Crippen LogP contribution in [0, 0.1) is 5.41 Å². The van der Waals surface area contributed by atoms with Crippen LogP contribution in [0.4, 0.5) is 0 Å². The molecule has 0 aromatic heterocycles. The van der Waals surface area contributed by atoms with Crippen molar-refractivity contribution < 1.29 is 9.47 Å². The average Bonchev–Trinajstić information content (AvgIpc) is 2.05. The van der Waals surface area contributed by atoms with Crippen molar-refractivity contribution in [2.75, 3.05) is 26.9 Å². The Balaban J connectivity index is 2.54. The molecule has 13 heavy (non-hydrogen) atoms. The lowest BCUT2D eigenvalue weighted by molar-refractivity contribution is -0.114. The fraction of sp³-hybridized carbons (Fsp3) is 1.00. The van der Waals surface area contributed by atoms with Crippen LogP contribution in [0.15, 0.2) is 0 Å². The third kappa shape index (κ3) is 2.93. The fourth-order valence-corrected chi connectivity index (χ4v) is 1.88. The van der Waals surface area contributed by atoms with Gasteiger partial charge in [-0.25, -0.2) is 0 Å². The highest BCUT2D eigenvalue weighted by atomic mass is 16.6. The summed E-state index contributed by atoms with van der Waals surface area (Å²) in [5, 5.41) is 3.31. The summed E-state index contributed by atoms with van der Waals surface area (Å²) in [6, 6.07) is 0.354. The van der Waals surface area contributed by atoms with Crippen LogP contribution in [0.5, 0.6) is 0 Å². The molecular formula is C10H21NO2. The number of nitrogens with one attached hydrogen (secondary N) is 1. The van der Waals surface area contributed by atoms with E-state index in [0.29, 0.717) is 12.6 Å². The van der Waals surface area contributed by atoms with E-state index in [4.69, 9.17) is 9.47 Å². The van der Waals surface area contributed by atoms with E-state index in [2.05, 4.69) is 26.1 Å². The van der Waals surface area contributed by atoms with Gasteiger partial charge in [0.1, 0.15) is 0 Å². The molecule has 3 heteroatoms. The second kappa shape index (κ2) is 4.40. The highest BCUT2D eigenvalue weighted by Crippen LogP contribution is 2.24. The van der Waals surface area contributed by atoms with Crippen LogP contribution in [0.25, 0.3) is 0 Å². The van der Waals surface area contributed by atoms with Gasteiger partial charge in [0.25, 0.3) is 0 Å². The Morgan fingerprint density at radius 1 is 1.31 bits per heavy atom. The fourth-order valence-electron chi connectivity index (χ4n) is 1.88. The van der Waals surface area contributed by atoms with Crippen molar-refractivity contribution in [1.29, 1.82) is 0 Å². The second-order valence-corrected chi connectivity index (χ2v) is 4.62. The van der Waals surface area contributed by atoms with Gasteiger partial charge in [0.05, 0.1) is 25.9 Å². The Morgan fingerprint density at radius 3 is 2.38 bits per heavy atom. The predicted molar refractivity (Wildman–Crippen MR) is 52.9 cm³/mol. The molecule has 0 spiro atoms. The minimum Gasteiger partial charge on any atom is -0.376 e. The Labute approximate surface area is 80.8 Å². The maximum Gasteiger partial charge on any atom is 0.0967 e. The Hall–Kier alpha value is -0.120. The molecule has 1 fully saturated rings. The molecule has 78 valence electrons. The lowest BCUT2D eigenvalue weighted by Crippen LogP contribution is -2.52. The molecule has 1 aliphatic rings. The lowest BCUT2D eigenvalue weighted by Gasteiger charge is -2.38. The van der Waals surface area contributed by atoms with Crippen molar-refractivity contribution in [3.8, 4) is 0 Å². The predicted octanol–water partition coefficient (Wildman–Crippen LogP) is 1.04. The summed E-state index contributed by atoms with van der Waals surface area (Å²) in [6.45, 7) is 8.81. The quantitative estimate of drug-likeness (QED) is 0.700. The van der Waals surface area contributed by atoms with Crippen LogP contribution < -0.4 is 5.32 Å². The minimum absolute atomic E-state index is 0.193. The first kappa shape index (κ1) is 11.0. The van der Waals surface area contributed by atoms with E-state index in [1.54, 1.807) is 0 Å². The summed E-state index contributed by atoms with van der Waals surface area (Å²) in [5.74, 6) is 0. The molecule has 0 bridgehead atoms. The zero-order valence-corrected chi connectivity index (χ0v) is 9.09. The topological polar surface area (TPSA) is 30.5 Å². The third-order valence-corrected chi connectivity index (χ3v) is 2.46. The minimum atomic E-state index is 0.193. The Morgan fingerprint density at radius 2 is 2.00 bits per heavy atom. The molecule has 1 heterocycles. The second-order valence-electron chi connectivity index (χ2n) is 4.62. The molecule has 1 N–H and O–H groups in total. The van der Waals surface area contributed by atoms with E-state index < -0.39 is 0 Å². The summed E-state index contributed by atoms with van der Waals surface area (Å²) in [4.78, 5) is 0. The maximum atomic E-state index is 5.67. The van der Waals surface area contributed by atoms with Crippen molar-refractivity contribution in [3.05, 3.63) is 0 Å². The molecule has 0 radical (unpaired) electrons. The lowest BCUT2D eigenvalue weighted by atomic mass is 9.83. The molecule has 1 rings (SSSR count). The maximum absolute atomic E-state index is 5.67. The number of ether oxygens (including phenoxy) is 2. The highest BCUT2D eigenvalue weighted by molar-refractivity contribution is 4.87. The molecule has 1 saturated heterocycles. The van der Waals surface area contributed by atoms with Crippen LogP contribution >= 0.6 is 0 Å². The Bertz CT molecular complexity index is 147. The van der Waals surface area contributed by atoms with E-state index in [1.807, 2.05) is 7.05 Å². The van der Waals surface area contributed by atoms with Crippen LogP contribution in [0.1, 0.15) is 20.8 Å². The van der Waals surface area contributed by atoms with Crippen molar-refractivity contribution in [1.82, 2.24) is 5.32 Å². The van der Waals surface area contributed by atoms with Crippen LogP contribution in [0.3, 0.4) is 0 Å². The van der Waals surface area contributed by atoms with Crippen molar-refractivity contribution in [2.45, 2.75) is 32.9 Å². The largest absolute Gasteiger partial charge is 0.376 e. The first-order chi connectivity index (χ1) is 6.05. The monoisotopic (exact) mass is 187 g/mol. The van der Waals surface area contributed by atoms with Gasteiger partial charge in [-0.3, -0.25) is 0 Å². The zero-order chi connectivity index (χ0) is 9.90. The molecule has 0 aromatic carbocycles. The SMILES string of the molecule is CNC(C1COCCO1)C(C)(C)C. The van der Waals surface area contributed by atoms with Crippen LogP contribution in [-0.2, 0) is 9.47 Å². The van der Waals surface area contributed by atoms with Gasteiger partial charge in [0.2, 0.25) is 0 Å². The van der Waals surface area contributed by atoms with Gasteiger partial charge < -0.3 is 14.8 Å². The Kier molecular flexibility index (Phi) is 3.71. The van der Waals surface area contributed by atoms with Crippen molar-refractivity contribution in [3.63, 3.8) is 0 Å². The van der Waals surface area contributed by atoms with Gasteiger partial charge in [-0.2, -0.15) is 0 Å². The van der Waals surface area contributed by atoms with Gasteiger partial charge in [-0.1, -0.05) is 20.8 Å². The number of hydrogen-bond donors (Lipinski definition) is 1. The first-order valence-electron chi connectivity index (χ1n) is 4.92. The van der Waals surface area contributed by atoms with E-state index in [0.717, 1.165) is 13.2 Å². The summed E-state index contributed by atoms with van der Waals surface area (Å²) in [7, 11) is 1.98. The molecule has 0 aliphatic carbocycles. The number of hydrogen-bond acceptors (Lipinski definition) is 3. The van der Waals surface area contributed by atoms with Gasteiger partial charge in [-0.05, 0) is 12.5 Å². The van der Waals surface area contributed by atoms with Crippen LogP contribution in [0.2, 0.25) is 0 Å². The molecule has 0 aromatic rings. The first-order valence-corrected chi connectivity index (χ1v) is 4.92. The van der Waals surface area contributed by atoms with Gasteiger partial charge >= 0.3 is 0 Å². The number of likely N-dealkylation sites (N-methyl/N-ethyl adjacent to an activating group) is 1. The van der Waals surface area contributed by atoms with E-state index in [1.165, 1.54) is 0 Å². The molecule has 0 saturated carbocycles. The zero-order valence-electron chi connectivity index (χ0n) is 9.09. The standard InChI is InChI=1S/C10H21NO2/c1-10(2,3)9(11-4)8-7-12-5-6-13-8/h8-9,11H,5-7H2,1-4H3. The molecule has 0 amide bonds. The summed E-state index contributed by atoms with van der Waals surface area (Å²) in [6.07, 6.45) is 0.193. The van der Waals surface area contributed by atoms with E-state index >= 15 is 0 Å². The van der Waals surface area contributed by atoms with Gasteiger partial charge in [0.15, 0.2) is 0 Å². The molecule has 2 unspecified atom stereocenters. The van der Waals surface area contributed by atoms with Gasteiger partial charge in [0, 0.05) is 6.04 Å². The van der Waals surface area contributed by atoms with Crippen LogP contribution in [-0.4, -0.2) is 39.0 Å². The molecule has 3 nitrogen and oxygen atoms in total.